The first-order chi connectivity index (χ1) is 13.2. The Morgan fingerprint density at radius 1 is 1.26 bits per heavy atom. The lowest BCUT2D eigenvalue weighted by molar-refractivity contribution is -0.141. The van der Waals surface area contributed by atoms with Crippen molar-refractivity contribution in [1.29, 1.82) is 0 Å². The molecule has 3 aliphatic rings. The predicted molar refractivity (Wildman–Crippen MR) is 105 cm³/mol. The van der Waals surface area contributed by atoms with E-state index >= 15 is 0 Å². The number of rotatable bonds is 4. The van der Waals surface area contributed by atoms with Crippen LogP contribution in [0.3, 0.4) is 0 Å². The molecule has 148 valence electrons. The molecule has 2 heterocycles. The zero-order chi connectivity index (χ0) is 18.9. The Kier molecular flexibility index (Phi) is 5.53. The number of carbonyl (C=O) groups excluding carboxylic acids is 1. The van der Waals surface area contributed by atoms with Crippen LogP contribution in [0.1, 0.15) is 55.7 Å². The first-order valence-electron chi connectivity index (χ1n) is 10.4. The van der Waals surface area contributed by atoms with Gasteiger partial charge in [0.1, 0.15) is 0 Å². The smallest absolute Gasteiger partial charge is 0.305 e. The Morgan fingerprint density at radius 3 is 2.67 bits per heavy atom. The van der Waals surface area contributed by atoms with Gasteiger partial charge in [0, 0.05) is 11.8 Å². The van der Waals surface area contributed by atoms with E-state index in [1.807, 2.05) is 0 Å². The Labute approximate surface area is 162 Å². The standard InChI is InChI=1S/C22H32N2O3/c1-27-19(25)7-6-16-8-14-24(15-9-16)20-17-4-2-3-5-18(17)22(21(20)26)10-12-23-13-11-22/h2-5,16,20-21,23,26H,6-15H2,1H3/t20-,21+/m0/s1. The Morgan fingerprint density at radius 2 is 1.96 bits per heavy atom. The van der Waals surface area contributed by atoms with Crippen LogP contribution in [0.4, 0.5) is 0 Å². The Bertz CT molecular complexity index is 663. The van der Waals surface area contributed by atoms with Crippen molar-refractivity contribution in [2.24, 2.45) is 5.92 Å². The molecule has 27 heavy (non-hydrogen) atoms. The minimum atomic E-state index is -0.330. The summed E-state index contributed by atoms with van der Waals surface area (Å²) in [4.78, 5) is 13.9. The van der Waals surface area contributed by atoms with Crippen molar-refractivity contribution >= 4 is 5.97 Å². The number of carbonyl (C=O) groups is 1. The molecule has 4 rings (SSSR count). The van der Waals surface area contributed by atoms with Gasteiger partial charge in [0.15, 0.2) is 0 Å². The van der Waals surface area contributed by atoms with Crippen LogP contribution in [0, 0.1) is 5.92 Å². The van der Waals surface area contributed by atoms with Crippen molar-refractivity contribution in [3.63, 3.8) is 0 Å². The first-order valence-corrected chi connectivity index (χ1v) is 10.4. The SMILES string of the molecule is COC(=O)CCC1CCN([C@H]2c3ccccc3C3(CCNCC3)[C@@H]2O)CC1. The number of aliphatic hydroxyl groups is 1. The van der Waals surface area contributed by atoms with Crippen LogP contribution in [0.2, 0.25) is 0 Å². The number of nitrogens with zero attached hydrogens (tertiary/aromatic N) is 1. The Hall–Kier alpha value is -1.43. The summed E-state index contributed by atoms with van der Waals surface area (Å²) in [5, 5.41) is 14.9. The van der Waals surface area contributed by atoms with Crippen LogP contribution in [-0.2, 0) is 14.9 Å². The third-order valence-electron chi connectivity index (χ3n) is 7.20. The van der Waals surface area contributed by atoms with Crippen molar-refractivity contribution in [1.82, 2.24) is 10.2 Å². The predicted octanol–water partition coefficient (Wildman–Crippen LogP) is 2.39. The van der Waals surface area contributed by atoms with E-state index < -0.39 is 0 Å². The van der Waals surface area contributed by atoms with E-state index in [0.717, 1.165) is 58.3 Å². The van der Waals surface area contributed by atoms with Gasteiger partial charge in [0.05, 0.1) is 19.3 Å². The van der Waals surface area contributed by atoms with E-state index in [0.29, 0.717) is 12.3 Å². The third kappa shape index (κ3) is 3.41. The second kappa shape index (κ2) is 7.90. The van der Waals surface area contributed by atoms with Gasteiger partial charge < -0.3 is 15.2 Å². The fourth-order valence-electron chi connectivity index (χ4n) is 5.62. The highest BCUT2D eigenvalue weighted by Gasteiger charge is 2.53. The highest BCUT2D eigenvalue weighted by molar-refractivity contribution is 5.69. The molecular weight excluding hydrogens is 340 g/mol. The summed E-state index contributed by atoms with van der Waals surface area (Å²) >= 11 is 0. The number of ether oxygens (including phenoxy) is 1. The highest BCUT2D eigenvalue weighted by Crippen LogP contribution is 2.52. The summed E-state index contributed by atoms with van der Waals surface area (Å²) in [5.74, 6) is 0.479. The monoisotopic (exact) mass is 372 g/mol. The van der Waals surface area contributed by atoms with Crippen molar-refractivity contribution in [3.05, 3.63) is 35.4 Å². The number of benzene rings is 1. The minimum absolute atomic E-state index is 0.0890. The van der Waals surface area contributed by atoms with E-state index in [1.165, 1.54) is 18.2 Å². The average Bonchev–Trinajstić information content (AvgIpc) is 2.95. The van der Waals surface area contributed by atoms with Crippen LogP contribution >= 0.6 is 0 Å². The third-order valence-corrected chi connectivity index (χ3v) is 7.20. The number of nitrogens with one attached hydrogen (secondary N) is 1. The fourth-order valence-corrected chi connectivity index (χ4v) is 5.62. The molecule has 2 N–H and O–H groups in total. The maximum Gasteiger partial charge on any atom is 0.305 e. The van der Waals surface area contributed by atoms with Gasteiger partial charge in [-0.15, -0.1) is 0 Å². The van der Waals surface area contributed by atoms with Crippen LogP contribution in [0.15, 0.2) is 24.3 Å². The van der Waals surface area contributed by atoms with Crippen LogP contribution in [0.5, 0.6) is 0 Å². The second-order valence-electron chi connectivity index (χ2n) is 8.48. The van der Waals surface area contributed by atoms with E-state index in [2.05, 4.69) is 34.5 Å². The van der Waals surface area contributed by atoms with Gasteiger partial charge in [0.2, 0.25) is 0 Å². The summed E-state index contributed by atoms with van der Waals surface area (Å²) < 4.78 is 4.77. The molecular formula is C22H32N2O3. The molecule has 1 aliphatic carbocycles. The van der Waals surface area contributed by atoms with Gasteiger partial charge in [-0.05, 0) is 75.3 Å². The highest BCUT2D eigenvalue weighted by atomic mass is 16.5. The molecule has 0 radical (unpaired) electrons. The van der Waals surface area contributed by atoms with Gasteiger partial charge >= 0.3 is 5.97 Å². The average molecular weight is 373 g/mol. The molecule has 2 atom stereocenters. The van der Waals surface area contributed by atoms with Crippen LogP contribution in [0.25, 0.3) is 0 Å². The normalized spacial score (nSPS) is 28.2. The quantitative estimate of drug-likeness (QED) is 0.795. The van der Waals surface area contributed by atoms with E-state index in [9.17, 15) is 9.90 Å². The van der Waals surface area contributed by atoms with Gasteiger partial charge in [-0.2, -0.15) is 0 Å². The first kappa shape index (κ1) is 18.9. The molecule has 0 bridgehead atoms. The summed E-state index contributed by atoms with van der Waals surface area (Å²) in [6.45, 7) is 3.95. The van der Waals surface area contributed by atoms with Crippen molar-refractivity contribution in [3.8, 4) is 0 Å². The van der Waals surface area contributed by atoms with Crippen molar-refractivity contribution in [2.75, 3.05) is 33.3 Å². The summed E-state index contributed by atoms with van der Waals surface area (Å²) in [6.07, 6.45) is 5.32. The maximum absolute atomic E-state index is 11.5. The van der Waals surface area contributed by atoms with Crippen molar-refractivity contribution in [2.45, 2.75) is 56.1 Å². The summed E-state index contributed by atoms with van der Waals surface area (Å²) in [6, 6.07) is 8.82. The number of hydrogen-bond acceptors (Lipinski definition) is 5. The van der Waals surface area contributed by atoms with Crippen LogP contribution < -0.4 is 5.32 Å². The van der Waals surface area contributed by atoms with Gasteiger partial charge in [-0.3, -0.25) is 9.69 Å². The molecule has 1 aromatic rings. The summed E-state index contributed by atoms with van der Waals surface area (Å²) in [7, 11) is 1.46. The topological polar surface area (TPSA) is 61.8 Å². The number of esters is 1. The number of likely N-dealkylation sites (tertiary alicyclic amines) is 1. The molecule has 1 spiro atoms. The zero-order valence-corrected chi connectivity index (χ0v) is 16.3. The zero-order valence-electron chi connectivity index (χ0n) is 16.3. The second-order valence-corrected chi connectivity index (χ2v) is 8.48. The van der Waals surface area contributed by atoms with Crippen LogP contribution in [-0.4, -0.2) is 55.4 Å². The van der Waals surface area contributed by atoms with E-state index in [-0.39, 0.29) is 23.5 Å². The van der Waals surface area contributed by atoms with Crippen molar-refractivity contribution < 1.29 is 14.6 Å². The number of aliphatic hydroxyl groups excluding tert-OH is 1. The number of fused-ring (bicyclic) bond motifs is 2. The van der Waals surface area contributed by atoms with Gasteiger partial charge in [-0.25, -0.2) is 0 Å². The molecule has 0 amide bonds. The molecule has 5 heteroatoms. The van der Waals surface area contributed by atoms with Gasteiger partial charge in [0.25, 0.3) is 0 Å². The lowest BCUT2D eigenvalue weighted by atomic mass is 9.72. The number of hydrogen-bond donors (Lipinski definition) is 2. The molecule has 2 fully saturated rings. The number of piperidine rings is 2. The van der Waals surface area contributed by atoms with Gasteiger partial charge in [-0.1, -0.05) is 24.3 Å². The lowest BCUT2D eigenvalue weighted by Gasteiger charge is -2.42. The molecule has 0 aromatic heterocycles. The Balaban J connectivity index is 1.47. The molecule has 0 unspecified atom stereocenters. The van der Waals surface area contributed by atoms with E-state index in [4.69, 9.17) is 4.74 Å². The number of methoxy groups -OCH3 is 1. The molecule has 2 aliphatic heterocycles. The largest absolute Gasteiger partial charge is 0.469 e. The summed E-state index contributed by atoms with van der Waals surface area (Å²) in [5.41, 5.74) is 2.62. The molecule has 0 saturated carbocycles. The molecule has 1 aromatic carbocycles. The molecule has 5 nitrogen and oxygen atoms in total. The minimum Gasteiger partial charge on any atom is -0.469 e. The lowest BCUT2D eigenvalue weighted by Crippen LogP contribution is -2.49. The fraction of sp³-hybridized carbons (Fsp3) is 0.682. The van der Waals surface area contributed by atoms with E-state index in [1.54, 1.807) is 0 Å². The maximum atomic E-state index is 11.5. The molecule has 2 saturated heterocycles.